The van der Waals surface area contributed by atoms with Crippen molar-refractivity contribution in [3.8, 4) is 0 Å². The van der Waals surface area contributed by atoms with Gasteiger partial charge in [-0.25, -0.2) is 13.1 Å². The molecular formula is C14H18N4O3S. The van der Waals surface area contributed by atoms with Crippen LogP contribution in [-0.2, 0) is 16.4 Å². The van der Waals surface area contributed by atoms with Crippen LogP contribution in [0.5, 0.6) is 0 Å². The highest BCUT2D eigenvalue weighted by atomic mass is 32.2. The molecule has 2 heterocycles. The topological polar surface area (TPSA) is 93.9 Å². The molecule has 1 aliphatic rings. The predicted molar refractivity (Wildman–Crippen MR) is 82.3 cm³/mol. The van der Waals surface area contributed by atoms with E-state index in [1.54, 1.807) is 23.7 Å². The van der Waals surface area contributed by atoms with E-state index in [4.69, 9.17) is 0 Å². The number of rotatable bonds is 3. The first-order valence-electron chi connectivity index (χ1n) is 7.18. The Kier molecular flexibility index (Phi) is 3.43. The zero-order chi connectivity index (χ0) is 16.0. The lowest BCUT2D eigenvalue weighted by molar-refractivity contribution is 0.0915. The molecular weight excluding hydrogens is 304 g/mol. The van der Waals surface area contributed by atoms with Crippen LogP contribution in [-0.4, -0.2) is 46.4 Å². The number of fused-ring (bicyclic) bond motifs is 1. The Hall–Kier alpha value is -1.96. The number of aromatic nitrogens is 3. The highest BCUT2D eigenvalue weighted by Crippen LogP contribution is 2.23. The summed E-state index contributed by atoms with van der Waals surface area (Å²) >= 11 is 0. The van der Waals surface area contributed by atoms with Crippen LogP contribution in [0.15, 0.2) is 18.2 Å². The van der Waals surface area contributed by atoms with Crippen molar-refractivity contribution in [2.45, 2.75) is 32.4 Å². The molecule has 0 unspecified atom stereocenters. The smallest absolute Gasteiger partial charge is 0.251 e. The van der Waals surface area contributed by atoms with Crippen molar-refractivity contribution in [1.82, 2.24) is 20.3 Å². The van der Waals surface area contributed by atoms with Crippen molar-refractivity contribution in [1.29, 1.82) is 0 Å². The van der Waals surface area contributed by atoms with Gasteiger partial charge in [-0.05, 0) is 38.5 Å². The van der Waals surface area contributed by atoms with Gasteiger partial charge < -0.3 is 5.32 Å². The normalized spacial score (nSPS) is 23.7. The molecule has 1 aromatic heterocycles. The summed E-state index contributed by atoms with van der Waals surface area (Å²) in [7, 11) is -3.06. The van der Waals surface area contributed by atoms with E-state index in [0.29, 0.717) is 24.0 Å². The second kappa shape index (κ2) is 5.05. The van der Waals surface area contributed by atoms with Crippen LogP contribution in [0.3, 0.4) is 0 Å². The van der Waals surface area contributed by atoms with Crippen LogP contribution >= 0.6 is 0 Å². The zero-order valence-electron chi connectivity index (χ0n) is 12.5. The van der Waals surface area contributed by atoms with Crippen LogP contribution < -0.4 is 5.32 Å². The van der Waals surface area contributed by atoms with Crippen molar-refractivity contribution in [3.63, 3.8) is 0 Å². The molecule has 118 valence electrons. The number of benzene rings is 1. The second-order valence-corrected chi connectivity index (χ2v) is 8.15. The molecule has 0 spiro atoms. The number of carbonyl (C=O) groups is 1. The van der Waals surface area contributed by atoms with Crippen molar-refractivity contribution < 1.29 is 13.2 Å². The molecule has 8 heteroatoms. The number of hydrogen-bond donors (Lipinski definition) is 1. The molecule has 1 saturated heterocycles. The summed E-state index contributed by atoms with van der Waals surface area (Å²) in [5.74, 6) is -0.180. The third-order valence-electron chi connectivity index (χ3n) is 3.99. The molecule has 3 rings (SSSR count). The van der Waals surface area contributed by atoms with Gasteiger partial charge >= 0.3 is 0 Å². The molecule has 22 heavy (non-hydrogen) atoms. The summed E-state index contributed by atoms with van der Waals surface area (Å²) in [6, 6.07) is 5.19. The van der Waals surface area contributed by atoms with Crippen LogP contribution in [0.2, 0.25) is 0 Å². The minimum Gasteiger partial charge on any atom is -0.346 e. The van der Waals surface area contributed by atoms with Gasteiger partial charge in [-0.1, -0.05) is 5.21 Å². The van der Waals surface area contributed by atoms with E-state index < -0.39 is 15.4 Å². The molecule has 1 N–H and O–H groups in total. The molecule has 0 aliphatic carbocycles. The van der Waals surface area contributed by atoms with Gasteiger partial charge in [-0.2, -0.15) is 0 Å². The first kappa shape index (κ1) is 15.0. The Morgan fingerprint density at radius 3 is 2.86 bits per heavy atom. The number of nitrogens with one attached hydrogen (secondary N) is 1. The van der Waals surface area contributed by atoms with Gasteiger partial charge in [0.15, 0.2) is 9.84 Å². The van der Waals surface area contributed by atoms with Gasteiger partial charge in [0.1, 0.15) is 5.52 Å². The maximum absolute atomic E-state index is 12.4. The van der Waals surface area contributed by atoms with Gasteiger partial charge in [-0.15, -0.1) is 5.10 Å². The summed E-state index contributed by atoms with van der Waals surface area (Å²) in [6.45, 7) is 4.44. The van der Waals surface area contributed by atoms with Crippen molar-refractivity contribution in [2.75, 3.05) is 11.5 Å². The van der Waals surface area contributed by atoms with Gasteiger partial charge in [0.25, 0.3) is 5.91 Å². The molecule has 1 atom stereocenters. The number of nitrogens with zero attached hydrogens (tertiary/aromatic N) is 3. The Labute approximate surface area is 128 Å². The zero-order valence-corrected chi connectivity index (χ0v) is 13.4. The van der Waals surface area contributed by atoms with Crippen molar-refractivity contribution >= 4 is 26.8 Å². The number of aryl methyl sites for hydroxylation is 1. The molecule has 1 fully saturated rings. The van der Waals surface area contributed by atoms with Gasteiger partial charge in [0.2, 0.25) is 0 Å². The van der Waals surface area contributed by atoms with E-state index in [-0.39, 0.29) is 17.4 Å². The summed E-state index contributed by atoms with van der Waals surface area (Å²) in [6.07, 6.45) is 0.440. The maximum atomic E-state index is 12.4. The Bertz CT molecular complexity index is 843. The van der Waals surface area contributed by atoms with E-state index in [1.807, 2.05) is 13.0 Å². The molecule has 2 aromatic rings. The van der Waals surface area contributed by atoms with Gasteiger partial charge in [-0.3, -0.25) is 4.79 Å². The number of sulfone groups is 1. The quantitative estimate of drug-likeness (QED) is 0.900. The highest BCUT2D eigenvalue weighted by molar-refractivity contribution is 7.91. The number of hydrogen-bond acceptors (Lipinski definition) is 5. The Morgan fingerprint density at radius 2 is 2.23 bits per heavy atom. The van der Waals surface area contributed by atoms with Crippen LogP contribution in [0.1, 0.15) is 30.6 Å². The molecule has 0 saturated carbocycles. The minimum atomic E-state index is -3.06. The van der Waals surface area contributed by atoms with E-state index in [2.05, 4.69) is 15.6 Å². The third-order valence-corrected chi connectivity index (χ3v) is 5.90. The third kappa shape index (κ3) is 2.70. The molecule has 1 aliphatic heterocycles. The van der Waals surface area contributed by atoms with Crippen molar-refractivity contribution in [2.24, 2.45) is 0 Å². The fourth-order valence-corrected chi connectivity index (χ4v) is 4.90. The molecule has 7 nitrogen and oxygen atoms in total. The first-order chi connectivity index (χ1) is 10.3. The lowest BCUT2D eigenvalue weighted by Crippen LogP contribution is -2.46. The van der Waals surface area contributed by atoms with E-state index >= 15 is 0 Å². The van der Waals surface area contributed by atoms with Crippen LogP contribution in [0.4, 0.5) is 0 Å². The average molecular weight is 322 g/mol. The van der Waals surface area contributed by atoms with E-state index in [1.165, 1.54) is 0 Å². The summed E-state index contributed by atoms with van der Waals surface area (Å²) in [5.41, 5.74) is 1.28. The number of amides is 1. The Morgan fingerprint density at radius 1 is 1.45 bits per heavy atom. The van der Waals surface area contributed by atoms with E-state index in [9.17, 15) is 13.2 Å². The second-order valence-electron chi connectivity index (χ2n) is 5.97. The monoisotopic (exact) mass is 322 g/mol. The lowest BCUT2D eigenvalue weighted by atomic mass is 10.0. The van der Waals surface area contributed by atoms with Gasteiger partial charge in [0.05, 0.1) is 22.6 Å². The van der Waals surface area contributed by atoms with Crippen molar-refractivity contribution in [3.05, 3.63) is 23.8 Å². The highest BCUT2D eigenvalue weighted by Gasteiger charge is 2.39. The fourth-order valence-electron chi connectivity index (χ4n) is 2.80. The summed E-state index contributed by atoms with van der Waals surface area (Å²) in [4.78, 5) is 12.4. The summed E-state index contributed by atoms with van der Waals surface area (Å²) < 4.78 is 25.0. The Balaban J connectivity index is 1.83. The first-order valence-corrected chi connectivity index (χ1v) is 9.00. The largest absolute Gasteiger partial charge is 0.346 e. The SMILES string of the molecule is CCn1nnc2cc(C(=O)N[C@]3(C)CCS(=O)(=O)C3)ccc21. The molecule has 0 radical (unpaired) electrons. The van der Waals surface area contributed by atoms with Gasteiger partial charge in [0, 0.05) is 12.1 Å². The predicted octanol–water partition coefficient (Wildman–Crippen LogP) is 0.758. The minimum absolute atomic E-state index is 0.0139. The fraction of sp³-hybridized carbons (Fsp3) is 0.500. The molecule has 1 aromatic carbocycles. The standard InChI is InChI=1S/C14H18N4O3S/c1-3-18-12-5-4-10(8-11(12)16-17-18)13(19)15-14(2)6-7-22(20,21)9-14/h4-5,8H,3,6-7,9H2,1-2H3,(H,15,19)/t14-/m1/s1. The number of carbonyl (C=O) groups excluding carboxylic acids is 1. The summed E-state index contributed by atoms with van der Waals surface area (Å²) in [5, 5.41) is 10.9. The van der Waals surface area contributed by atoms with Crippen LogP contribution in [0, 0.1) is 0 Å². The molecule has 0 bridgehead atoms. The maximum Gasteiger partial charge on any atom is 0.251 e. The van der Waals surface area contributed by atoms with E-state index in [0.717, 1.165) is 5.52 Å². The lowest BCUT2D eigenvalue weighted by Gasteiger charge is -2.23. The van der Waals surface area contributed by atoms with Crippen LogP contribution in [0.25, 0.3) is 11.0 Å². The average Bonchev–Trinajstić information content (AvgIpc) is 2.98. The molecule has 1 amide bonds.